The molecule has 6 rings (SSSR count). The number of hydrogen-bond acceptors (Lipinski definition) is 5. The van der Waals surface area contributed by atoms with E-state index in [0.717, 1.165) is 17.6 Å². The van der Waals surface area contributed by atoms with Crippen molar-refractivity contribution in [2.45, 2.75) is 53.4 Å². The van der Waals surface area contributed by atoms with Gasteiger partial charge in [0.05, 0.1) is 15.9 Å². The van der Waals surface area contributed by atoms with Crippen molar-refractivity contribution in [1.82, 2.24) is 9.97 Å². The average Bonchev–Trinajstić information content (AvgIpc) is 3.46. The van der Waals surface area contributed by atoms with Gasteiger partial charge >= 0.3 is 0 Å². The van der Waals surface area contributed by atoms with Gasteiger partial charge in [-0.2, -0.15) is 0 Å². The number of fused-ring (bicyclic) bond motifs is 5. The van der Waals surface area contributed by atoms with Crippen LogP contribution in [0.25, 0.3) is 51.7 Å². The minimum atomic E-state index is 0.0704. The lowest BCUT2D eigenvalue weighted by atomic mass is 9.85. The molecule has 0 bridgehead atoms. The Morgan fingerprint density at radius 1 is 0.912 bits per heavy atom. The van der Waals surface area contributed by atoms with E-state index in [9.17, 15) is 0 Å². The van der Waals surface area contributed by atoms with Crippen LogP contribution < -0.4 is 0 Å². The van der Waals surface area contributed by atoms with E-state index < -0.39 is 0 Å². The van der Waals surface area contributed by atoms with Crippen LogP contribution in [-0.2, 0) is 11.8 Å². The molecule has 2 aromatic carbocycles. The van der Waals surface area contributed by atoms with Gasteiger partial charge in [-0.15, -0.1) is 34.0 Å². The molecule has 0 fully saturated rings. The number of benzene rings is 2. The van der Waals surface area contributed by atoms with E-state index in [4.69, 9.17) is 9.97 Å². The van der Waals surface area contributed by atoms with Gasteiger partial charge < -0.3 is 0 Å². The Bertz CT molecular complexity index is 1710. The Labute approximate surface area is 212 Å². The van der Waals surface area contributed by atoms with Crippen molar-refractivity contribution < 1.29 is 0 Å². The largest absolute Gasteiger partial charge is 0.235 e. The van der Waals surface area contributed by atoms with Crippen molar-refractivity contribution in [2.24, 2.45) is 5.92 Å². The monoisotopic (exact) mass is 500 g/mol. The third kappa shape index (κ3) is 3.48. The molecule has 4 aromatic heterocycles. The van der Waals surface area contributed by atoms with E-state index in [1.807, 2.05) is 34.0 Å². The number of rotatable bonds is 3. The van der Waals surface area contributed by atoms with Gasteiger partial charge in [0.25, 0.3) is 0 Å². The lowest BCUT2D eigenvalue weighted by Crippen LogP contribution is -2.11. The van der Waals surface area contributed by atoms with Crippen molar-refractivity contribution in [1.29, 1.82) is 0 Å². The molecule has 2 nitrogen and oxygen atoms in total. The van der Waals surface area contributed by atoms with Gasteiger partial charge in [-0.05, 0) is 82.3 Å². The van der Waals surface area contributed by atoms with Gasteiger partial charge in [-0.25, -0.2) is 9.97 Å². The molecule has 0 N–H and O–H groups in total. The lowest BCUT2D eigenvalue weighted by molar-refractivity contribution is 0.597. The van der Waals surface area contributed by atoms with Gasteiger partial charge in [0.2, 0.25) is 0 Å². The minimum Gasteiger partial charge on any atom is -0.235 e. The van der Waals surface area contributed by atoms with Gasteiger partial charge in [0.15, 0.2) is 0 Å². The van der Waals surface area contributed by atoms with Crippen molar-refractivity contribution in [3.63, 3.8) is 0 Å². The van der Waals surface area contributed by atoms with Crippen LogP contribution in [0.1, 0.15) is 50.6 Å². The van der Waals surface area contributed by atoms with Crippen LogP contribution in [-0.4, -0.2) is 9.97 Å². The second kappa shape index (κ2) is 7.84. The molecule has 0 amide bonds. The lowest BCUT2D eigenvalue weighted by Gasteiger charge is -2.21. The Balaban J connectivity index is 1.59. The van der Waals surface area contributed by atoms with Crippen LogP contribution in [0.4, 0.5) is 0 Å². The third-order valence-electron chi connectivity index (χ3n) is 6.63. The molecule has 172 valence electrons. The first kappa shape index (κ1) is 22.1. The Morgan fingerprint density at radius 2 is 1.68 bits per heavy atom. The molecule has 0 saturated carbocycles. The highest BCUT2D eigenvalue weighted by atomic mass is 32.1. The Kier molecular flexibility index (Phi) is 5.11. The molecular weight excluding hydrogens is 473 g/mol. The topological polar surface area (TPSA) is 25.8 Å². The van der Waals surface area contributed by atoms with E-state index in [0.29, 0.717) is 5.92 Å². The molecule has 0 unspecified atom stereocenters. The second-order valence-electron chi connectivity index (χ2n) is 10.7. The molecule has 4 heterocycles. The van der Waals surface area contributed by atoms with Gasteiger partial charge in [0.1, 0.15) is 6.33 Å². The van der Waals surface area contributed by atoms with Crippen LogP contribution in [0.3, 0.4) is 0 Å². The highest BCUT2D eigenvalue weighted by molar-refractivity contribution is 7.26. The molecule has 5 heteroatoms. The summed E-state index contributed by atoms with van der Waals surface area (Å²) >= 11 is 5.61. The second-order valence-corrected chi connectivity index (χ2v) is 13.8. The fourth-order valence-corrected chi connectivity index (χ4v) is 8.62. The fraction of sp³-hybridized carbons (Fsp3) is 0.310. The van der Waals surface area contributed by atoms with Gasteiger partial charge in [0, 0.05) is 29.9 Å². The quantitative estimate of drug-likeness (QED) is 0.242. The minimum absolute atomic E-state index is 0.0704. The summed E-state index contributed by atoms with van der Waals surface area (Å²) in [7, 11) is 0. The first-order chi connectivity index (χ1) is 16.2. The zero-order valence-corrected chi connectivity index (χ0v) is 22.9. The molecule has 0 spiro atoms. The van der Waals surface area contributed by atoms with Gasteiger partial charge in [-0.1, -0.05) is 34.6 Å². The average molecular weight is 501 g/mol. The standard InChI is InChI=1S/C29H28N2S3/c1-15(2)9-22-16(3)19-12-24-20(13-23(19)33-22)26-28(34-24)25(30-14-31-26)18-10-17-7-8-32-27(17)21(11-18)29(4,5)6/h7-8,10-15H,9H2,1-6H3. The Hall–Kier alpha value is -2.34. The maximum atomic E-state index is 4.81. The molecule has 34 heavy (non-hydrogen) atoms. The molecule has 6 aromatic rings. The van der Waals surface area contributed by atoms with E-state index in [2.05, 4.69) is 77.3 Å². The highest BCUT2D eigenvalue weighted by Crippen LogP contribution is 2.44. The summed E-state index contributed by atoms with van der Waals surface area (Å²) in [5.41, 5.74) is 6.21. The maximum Gasteiger partial charge on any atom is 0.116 e. The molecule has 0 saturated heterocycles. The smallest absolute Gasteiger partial charge is 0.116 e. The van der Waals surface area contributed by atoms with E-state index in [1.165, 1.54) is 56.5 Å². The highest BCUT2D eigenvalue weighted by Gasteiger charge is 2.21. The van der Waals surface area contributed by atoms with Crippen LogP contribution >= 0.6 is 34.0 Å². The summed E-state index contributed by atoms with van der Waals surface area (Å²) < 4.78 is 5.24. The number of aryl methyl sites for hydroxylation is 1. The molecular formula is C29H28N2S3. The number of nitrogens with zero attached hydrogens (tertiary/aromatic N) is 2. The summed E-state index contributed by atoms with van der Waals surface area (Å²) in [6.07, 6.45) is 2.89. The van der Waals surface area contributed by atoms with Crippen LogP contribution in [0.5, 0.6) is 0 Å². The molecule has 0 radical (unpaired) electrons. The summed E-state index contributed by atoms with van der Waals surface area (Å²) in [6, 6.07) is 11.6. The number of thiophene rings is 3. The van der Waals surface area contributed by atoms with Crippen molar-refractivity contribution in [3.05, 3.63) is 58.0 Å². The summed E-state index contributed by atoms with van der Waals surface area (Å²) in [5, 5.41) is 6.14. The molecule has 0 atom stereocenters. The Morgan fingerprint density at radius 3 is 2.44 bits per heavy atom. The van der Waals surface area contributed by atoms with Crippen molar-refractivity contribution in [2.75, 3.05) is 0 Å². The molecule has 0 aliphatic rings. The molecule has 0 aliphatic carbocycles. The van der Waals surface area contributed by atoms with E-state index >= 15 is 0 Å². The van der Waals surface area contributed by atoms with E-state index in [-0.39, 0.29) is 5.41 Å². The predicted octanol–water partition coefficient (Wildman–Crippen LogP) is 9.75. The normalized spacial score (nSPS) is 12.8. The zero-order chi connectivity index (χ0) is 23.8. The van der Waals surface area contributed by atoms with E-state index in [1.54, 1.807) is 6.33 Å². The summed E-state index contributed by atoms with van der Waals surface area (Å²) in [5.74, 6) is 0.669. The van der Waals surface area contributed by atoms with Crippen molar-refractivity contribution >= 4 is 74.5 Å². The summed E-state index contributed by atoms with van der Waals surface area (Å²) in [4.78, 5) is 11.1. The SMILES string of the molecule is Cc1c(CC(C)C)sc2cc3c(cc12)sc1c(-c2cc(C(C)(C)C)c4sccc4c2)ncnc13. The number of hydrogen-bond donors (Lipinski definition) is 0. The molecule has 0 aliphatic heterocycles. The summed E-state index contributed by atoms with van der Waals surface area (Å²) in [6.45, 7) is 13.8. The van der Waals surface area contributed by atoms with Crippen LogP contribution in [0, 0.1) is 12.8 Å². The van der Waals surface area contributed by atoms with Crippen LogP contribution in [0.15, 0.2) is 42.0 Å². The predicted molar refractivity (Wildman–Crippen MR) is 153 cm³/mol. The zero-order valence-electron chi connectivity index (χ0n) is 20.4. The fourth-order valence-electron chi connectivity index (χ4n) is 4.89. The van der Waals surface area contributed by atoms with Crippen molar-refractivity contribution in [3.8, 4) is 11.3 Å². The first-order valence-corrected chi connectivity index (χ1v) is 14.3. The third-order valence-corrected chi connectivity index (χ3v) is 10.0. The van der Waals surface area contributed by atoms with Gasteiger partial charge in [-0.3, -0.25) is 0 Å². The maximum absolute atomic E-state index is 4.81. The first-order valence-electron chi connectivity index (χ1n) is 11.8. The van der Waals surface area contributed by atoms with Crippen LogP contribution in [0.2, 0.25) is 0 Å². The number of aromatic nitrogens is 2.